The molecule has 0 fully saturated rings. The first-order chi connectivity index (χ1) is 9.66. The van der Waals surface area contributed by atoms with E-state index in [1.807, 2.05) is 25.2 Å². The summed E-state index contributed by atoms with van der Waals surface area (Å²) in [5.41, 5.74) is 7.80. The first-order valence-corrected chi connectivity index (χ1v) is 6.65. The fourth-order valence-corrected chi connectivity index (χ4v) is 1.97. The summed E-state index contributed by atoms with van der Waals surface area (Å²) >= 11 is 0. The van der Waals surface area contributed by atoms with Crippen molar-refractivity contribution in [2.45, 2.75) is 6.42 Å². The van der Waals surface area contributed by atoms with Gasteiger partial charge in [-0.1, -0.05) is 18.2 Å². The number of hydrogen-bond donors (Lipinski definition) is 3. The van der Waals surface area contributed by atoms with Crippen LogP contribution in [0.2, 0.25) is 0 Å². The lowest BCUT2D eigenvalue weighted by Gasteiger charge is -2.19. The maximum absolute atomic E-state index is 11.8. The third-order valence-electron chi connectivity index (χ3n) is 3.10. The molecule has 1 amide bonds. The number of carbonyl (C=O) groups excluding carboxylic acids is 1. The van der Waals surface area contributed by atoms with Gasteiger partial charge in [0.15, 0.2) is 0 Å². The molecule has 0 radical (unpaired) electrons. The molecule has 1 aromatic carbocycles. The van der Waals surface area contributed by atoms with Gasteiger partial charge in [-0.3, -0.25) is 4.79 Å². The van der Waals surface area contributed by atoms with Crippen LogP contribution in [0.4, 0.5) is 11.4 Å². The zero-order valence-corrected chi connectivity index (χ0v) is 11.6. The van der Waals surface area contributed by atoms with Gasteiger partial charge in [0.05, 0.1) is 0 Å². The summed E-state index contributed by atoms with van der Waals surface area (Å²) in [5, 5.41) is 2.87. The summed E-state index contributed by atoms with van der Waals surface area (Å²) in [4.78, 5) is 16.8. The number of nitrogens with two attached hydrogens (primary N) is 1. The number of nitrogens with one attached hydrogen (secondary N) is 2. The minimum absolute atomic E-state index is 0.121. The standard InChI is InChI=1S/C15H20N4O/c1-19(13-6-3-2-4-7-13)9-5-8-17-15(20)14-10-12(16)11-18-14/h2-4,6-7,10-11,18H,5,8-9,16H2,1H3,(H,17,20). The molecule has 0 saturated heterocycles. The molecule has 1 aromatic heterocycles. The molecule has 20 heavy (non-hydrogen) atoms. The highest BCUT2D eigenvalue weighted by atomic mass is 16.1. The van der Waals surface area contributed by atoms with E-state index >= 15 is 0 Å². The molecule has 2 rings (SSSR count). The van der Waals surface area contributed by atoms with Gasteiger partial charge in [-0.25, -0.2) is 0 Å². The Morgan fingerprint density at radius 3 is 2.75 bits per heavy atom. The highest BCUT2D eigenvalue weighted by Gasteiger charge is 2.06. The maximum atomic E-state index is 11.8. The second-order valence-electron chi connectivity index (χ2n) is 4.71. The van der Waals surface area contributed by atoms with Crippen LogP contribution in [0.3, 0.4) is 0 Å². The van der Waals surface area contributed by atoms with Crippen molar-refractivity contribution in [3.05, 3.63) is 48.3 Å². The normalized spacial score (nSPS) is 10.2. The molecule has 5 heteroatoms. The Morgan fingerprint density at radius 1 is 1.35 bits per heavy atom. The minimum atomic E-state index is -0.121. The summed E-state index contributed by atoms with van der Waals surface area (Å²) in [5.74, 6) is -0.121. The van der Waals surface area contributed by atoms with Gasteiger partial charge in [0.2, 0.25) is 0 Å². The number of H-pyrrole nitrogens is 1. The molecule has 0 spiro atoms. The fraction of sp³-hybridized carbons (Fsp3) is 0.267. The summed E-state index contributed by atoms with van der Waals surface area (Å²) in [7, 11) is 2.04. The molecule has 0 bridgehead atoms. The topological polar surface area (TPSA) is 74.2 Å². The lowest BCUT2D eigenvalue weighted by Crippen LogP contribution is -2.28. The number of rotatable bonds is 6. The van der Waals surface area contributed by atoms with Crippen LogP contribution in [0.15, 0.2) is 42.6 Å². The minimum Gasteiger partial charge on any atom is -0.397 e. The van der Waals surface area contributed by atoms with Gasteiger partial charge >= 0.3 is 0 Å². The van der Waals surface area contributed by atoms with Gasteiger partial charge in [0.1, 0.15) is 5.69 Å². The molecular formula is C15H20N4O. The summed E-state index contributed by atoms with van der Waals surface area (Å²) < 4.78 is 0. The highest BCUT2D eigenvalue weighted by Crippen LogP contribution is 2.10. The molecule has 0 aliphatic carbocycles. The maximum Gasteiger partial charge on any atom is 0.267 e. The number of aromatic nitrogens is 1. The number of para-hydroxylation sites is 1. The van der Waals surface area contributed by atoms with Crippen LogP contribution in [0, 0.1) is 0 Å². The second kappa shape index (κ2) is 6.65. The van der Waals surface area contributed by atoms with E-state index in [0.29, 0.717) is 17.9 Å². The van der Waals surface area contributed by atoms with E-state index in [4.69, 9.17) is 5.73 Å². The monoisotopic (exact) mass is 272 g/mol. The first kappa shape index (κ1) is 14.0. The molecule has 1 heterocycles. The highest BCUT2D eigenvalue weighted by molar-refractivity contribution is 5.93. The smallest absolute Gasteiger partial charge is 0.267 e. The predicted octanol–water partition coefficient (Wildman–Crippen LogP) is 1.85. The number of aromatic amines is 1. The Balaban J connectivity index is 1.70. The van der Waals surface area contributed by atoms with Crippen molar-refractivity contribution in [1.29, 1.82) is 0 Å². The Hall–Kier alpha value is -2.43. The lowest BCUT2D eigenvalue weighted by atomic mass is 10.3. The average molecular weight is 272 g/mol. The van der Waals surface area contributed by atoms with E-state index in [9.17, 15) is 4.79 Å². The zero-order valence-electron chi connectivity index (χ0n) is 11.6. The van der Waals surface area contributed by atoms with E-state index in [2.05, 4.69) is 27.3 Å². The summed E-state index contributed by atoms with van der Waals surface area (Å²) in [6, 6.07) is 11.8. The fourth-order valence-electron chi connectivity index (χ4n) is 1.97. The molecule has 2 aromatic rings. The summed E-state index contributed by atoms with van der Waals surface area (Å²) in [6.45, 7) is 1.52. The Kier molecular flexibility index (Phi) is 4.65. The van der Waals surface area contributed by atoms with Crippen LogP contribution in [0.1, 0.15) is 16.9 Å². The van der Waals surface area contributed by atoms with Gasteiger partial charge < -0.3 is 20.9 Å². The third kappa shape index (κ3) is 3.78. The molecule has 0 aliphatic rings. The van der Waals surface area contributed by atoms with Crippen LogP contribution in [-0.2, 0) is 0 Å². The third-order valence-corrected chi connectivity index (χ3v) is 3.10. The van der Waals surface area contributed by atoms with Crippen molar-refractivity contribution in [2.75, 3.05) is 30.8 Å². The quantitative estimate of drug-likeness (QED) is 0.703. The van der Waals surface area contributed by atoms with E-state index in [1.54, 1.807) is 12.3 Å². The summed E-state index contributed by atoms with van der Waals surface area (Å²) in [6.07, 6.45) is 2.49. The number of nitrogens with zero attached hydrogens (tertiary/aromatic N) is 1. The molecule has 0 saturated carbocycles. The van der Waals surface area contributed by atoms with E-state index in [-0.39, 0.29) is 5.91 Å². The largest absolute Gasteiger partial charge is 0.397 e. The van der Waals surface area contributed by atoms with E-state index in [1.165, 1.54) is 5.69 Å². The van der Waals surface area contributed by atoms with Gasteiger partial charge in [-0.2, -0.15) is 0 Å². The van der Waals surface area contributed by atoms with E-state index in [0.717, 1.165) is 13.0 Å². The van der Waals surface area contributed by atoms with Crippen molar-refractivity contribution in [1.82, 2.24) is 10.3 Å². The van der Waals surface area contributed by atoms with Crippen molar-refractivity contribution in [3.8, 4) is 0 Å². The number of anilines is 2. The van der Waals surface area contributed by atoms with Crippen molar-refractivity contribution in [2.24, 2.45) is 0 Å². The molecule has 4 N–H and O–H groups in total. The SMILES string of the molecule is CN(CCCNC(=O)c1cc(N)c[nH]1)c1ccccc1. The molecule has 106 valence electrons. The molecule has 0 aliphatic heterocycles. The Morgan fingerprint density at radius 2 is 2.10 bits per heavy atom. The van der Waals surface area contributed by atoms with Crippen LogP contribution in [0.5, 0.6) is 0 Å². The number of nitrogen functional groups attached to an aromatic ring is 1. The number of benzene rings is 1. The Bertz CT molecular complexity index is 550. The first-order valence-electron chi connectivity index (χ1n) is 6.65. The van der Waals surface area contributed by atoms with Gasteiger partial charge in [-0.05, 0) is 24.6 Å². The molecule has 0 unspecified atom stereocenters. The number of amides is 1. The molecular weight excluding hydrogens is 252 g/mol. The van der Waals surface area contributed by atoms with Crippen molar-refractivity contribution >= 4 is 17.3 Å². The number of hydrogen-bond acceptors (Lipinski definition) is 3. The van der Waals surface area contributed by atoms with Gasteiger partial charge in [0.25, 0.3) is 5.91 Å². The second-order valence-corrected chi connectivity index (χ2v) is 4.71. The molecule has 5 nitrogen and oxygen atoms in total. The number of carbonyl (C=O) groups is 1. The van der Waals surface area contributed by atoms with Crippen LogP contribution >= 0.6 is 0 Å². The van der Waals surface area contributed by atoms with E-state index < -0.39 is 0 Å². The predicted molar refractivity (Wildman–Crippen MR) is 81.9 cm³/mol. The Labute approximate surface area is 118 Å². The van der Waals surface area contributed by atoms with Crippen LogP contribution < -0.4 is 16.0 Å². The average Bonchev–Trinajstić information content (AvgIpc) is 2.91. The van der Waals surface area contributed by atoms with Crippen molar-refractivity contribution in [3.63, 3.8) is 0 Å². The zero-order chi connectivity index (χ0) is 14.4. The van der Waals surface area contributed by atoms with Crippen LogP contribution in [-0.4, -0.2) is 31.0 Å². The van der Waals surface area contributed by atoms with Gasteiger partial charge in [0, 0.05) is 37.7 Å². The van der Waals surface area contributed by atoms with Crippen LogP contribution in [0.25, 0.3) is 0 Å². The lowest BCUT2D eigenvalue weighted by molar-refractivity contribution is 0.0949. The van der Waals surface area contributed by atoms with Gasteiger partial charge in [-0.15, -0.1) is 0 Å². The molecule has 0 atom stereocenters. The van der Waals surface area contributed by atoms with Crippen molar-refractivity contribution < 1.29 is 4.79 Å².